The number of aromatic nitrogens is 2. The fourth-order valence-corrected chi connectivity index (χ4v) is 4.25. The lowest BCUT2D eigenvalue weighted by Crippen LogP contribution is -2.41. The first kappa shape index (κ1) is 21.1. The lowest BCUT2D eigenvalue weighted by Gasteiger charge is -2.28. The van der Waals surface area contributed by atoms with Crippen molar-refractivity contribution in [3.05, 3.63) is 80.4 Å². The highest BCUT2D eigenvalue weighted by Crippen LogP contribution is 2.18. The summed E-state index contributed by atoms with van der Waals surface area (Å²) in [6.45, 7) is 3.73. The Hall–Kier alpha value is -3.19. The van der Waals surface area contributed by atoms with Crippen molar-refractivity contribution >= 4 is 16.9 Å². The van der Waals surface area contributed by atoms with Gasteiger partial charge in [0.1, 0.15) is 0 Å². The Kier molecular flexibility index (Phi) is 6.32. The molecule has 0 saturated carbocycles. The third-order valence-corrected chi connectivity index (χ3v) is 6.01. The van der Waals surface area contributed by atoms with Crippen LogP contribution in [0.25, 0.3) is 11.0 Å². The topological polar surface area (TPSA) is 76.3 Å². The Labute approximate surface area is 180 Å². The van der Waals surface area contributed by atoms with E-state index in [2.05, 4.69) is 34.5 Å². The molecule has 1 N–H and O–H groups in total. The molecule has 0 unspecified atom stereocenters. The number of hydrogen-bond acceptors (Lipinski definition) is 4. The molecule has 1 amide bonds. The van der Waals surface area contributed by atoms with E-state index in [0.29, 0.717) is 17.6 Å². The molecule has 0 spiro atoms. The van der Waals surface area contributed by atoms with E-state index in [1.807, 2.05) is 12.1 Å². The van der Waals surface area contributed by atoms with Gasteiger partial charge in [-0.25, -0.2) is 0 Å². The SMILES string of the molecule is Cn1c(=O)c(=O)n(CCC(=O)NCCCN2CCc3ccccc3C2)c2ccccc21. The number of para-hydroxylation sites is 2. The van der Waals surface area contributed by atoms with Crippen molar-refractivity contribution in [3.63, 3.8) is 0 Å². The molecule has 1 aromatic heterocycles. The number of aryl methyl sites for hydroxylation is 2. The van der Waals surface area contributed by atoms with Gasteiger partial charge in [-0.1, -0.05) is 36.4 Å². The minimum absolute atomic E-state index is 0.111. The maximum atomic E-state index is 12.4. The molecular weight excluding hydrogens is 392 g/mol. The van der Waals surface area contributed by atoms with Crippen LogP contribution in [0, 0.1) is 0 Å². The van der Waals surface area contributed by atoms with E-state index in [1.54, 1.807) is 19.2 Å². The number of amides is 1. The minimum Gasteiger partial charge on any atom is -0.356 e. The van der Waals surface area contributed by atoms with Crippen molar-refractivity contribution in [2.75, 3.05) is 19.6 Å². The van der Waals surface area contributed by atoms with Gasteiger partial charge in [-0.05, 0) is 36.1 Å². The molecule has 0 atom stereocenters. The molecule has 4 rings (SSSR count). The Morgan fingerprint density at radius 3 is 2.45 bits per heavy atom. The van der Waals surface area contributed by atoms with Crippen molar-refractivity contribution in [1.82, 2.24) is 19.4 Å². The van der Waals surface area contributed by atoms with Crippen LogP contribution in [0.5, 0.6) is 0 Å². The highest BCUT2D eigenvalue weighted by Gasteiger charge is 2.15. The van der Waals surface area contributed by atoms with Gasteiger partial charge in [0, 0.05) is 46.2 Å². The first-order valence-electron chi connectivity index (χ1n) is 10.8. The van der Waals surface area contributed by atoms with Crippen molar-refractivity contribution < 1.29 is 4.79 Å². The van der Waals surface area contributed by atoms with Crippen molar-refractivity contribution in [3.8, 4) is 0 Å². The third-order valence-electron chi connectivity index (χ3n) is 6.01. The number of hydrogen-bond donors (Lipinski definition) is 1. The van der Waals surface area contributed by atoms with E-state index >= 15 is 0 Å². The second kappa shape index (κ2) is 9.31. The normalized spacial score (nSPS) is 13.8. The van der Waals surface area contributed by atoms with Crippen molar-refractivity contribution in [1.29, 1.82) is 0 Å². The zero-order valence-electron chi connectivity index (χ0n) is 17.8. The molecule has 0 saturated heterocycles. The molecule has 7 heteroatoms. The lowest BCUT2D eigenvalue weighted by atomic mass is 10.00. The van der Waals surface area contributed by atoms with Crippen LogP contribution in [0.1, 0.15) is 24.0 Å². The molecule has 0 bridgehead atoms. The lowest BCUT2D eigenvalue weighted by molar-refractivity contribution is -0.121. The van der Waals surface area contributed by atoms with Crippen LogP contribution >= 0.6 is 0 Å². The van der Waals surface area contributed by atoms with Crippen LogP contribution in [-0.4, -0.2) is 39.6 Å². The van der Waals surface area contributed by atoms with Crippen LogP contribution < -0.4 is 16.4 Å². The van der Waals surface area contributed by atoms with Crippen LogP contribution in [-0.2, 0) is 31.4 Å². The first-order chi connectivity index (χ1) is 15.0. The zero-order chi connectivity index (χ0) is 21.8. The van der Waals surface area contributed by atoms with Gasteiger partial charge in [0.05, 0.1) is 11.0 Å². The Balaban J connectivity index is 1.27. The molecule has 162 valence electrons. The van der Waals surface area contributed by atoms with Gasteiger partial charge < -0.3 is 14.5 Å². The average Bonchev–Trinajstić information content (AvgIpc) is 2.80. The molecule has 31 heavy (non-hydrogen) atoms. The molecule has 1 aliphatic rings. The number of carbonyl (C=O) groups excluding carboxylic acids is 1. The van der Waals surface area contributed by atoms with E-state index in [-0.39, 0.29) is 18.9 Å². The summed E-state index contributed by atoms with van der Waals surface area (Å²) >= 11 is 0. The van der Waals surface area contributed by atoms with Gasteiger partial charge in [-0.2, -0.15) is 0 Å². The maximum Gasteiger partial charge on any atom is 0.316 e. The van der Waals surface area contributed by atoms with Crippen molar-refractivity contribution in [2.45, 2.75) is 32.4 Å². The minimum atomic E-state index is -0.598. The summed E-state index contributed by atoms with van der Waals surface area (Å²) in [6, 6.07) is 15.8. The quantitative estimate of drug-likeness (QED) is 0.466. The number of carbonyl (C=O) groups is 1. The van der Waals surface area contributed by atoms with Gasteiger partial charge >= 0.3 is 11.1 Å². The number of nitrogens with zero attached hydrogens (tertiary/aromatic N) is 3. The summed E-state index contributed by atoms with van der Waals surface area (Å²) in [7, 11) is 1.59. The fraction of sp³-hybridized carbons (Fsp3) is 0.375. The largest absolute Gasteiger partial charge is 0.356 e. The van der Waals surface area contributed by atoms with Gasteiger partial charge in [0.2, 0.25) is 5.91 Å². The summed E-state index contributed by atoms with van der Waals surface area (Å²) in [5.74, 6) is -0.111. The predicted molar refractivity (Wildman–Crippen MR) is 121 cm³/mol. The van der Waals surface area contributed by atoms with Crippen molar-refractivity contribution in [2.24, 2.45) is 7.05 Å². The first-order valence-corrected chi connectivity index (χ1v) is 10.8. The van der Waals surface area contributed by atoms with Crippen LogP contribution in [0.2, 0.25) is 0 Å². The molecule has 0 fully saturated rings. The van der Waals surface area contributed by atoms with Gasteiger partial charge in [-0.15, -0.1) is 0 Å². The number of benzene rings is 2. The standard InChI is InChI=1S/C24H28N4O3/c1-26-20-9-4-5-10-21(20)28(24(31)23(26)30)16-12-22(29)25-13-6-14-27-15-11-18-7-2-3-8-19(18)17-27/h2-5,7-10H,6,11-17H2,1H3,(H,25,29). The van der Waals surface area contributed by atoms with E-state index in [0.717, 1.165) is 32.5 Å². The van der Waals surface area contributed by atoms with Gasteiger partial charge in [0.25, 0.3) is 0 Å². The van der Waals surface area contributed by atoms with Crippen LogP contribution in [0.15, 0.2) is 58.1 Å². The van der Waals surface area contributed by atoms with Crippen LogP contribution in [0.4, 0.5) is 0 Å². The predicted octanol–water partition coefficient (Wildman–Crippen LogP) is 1.65. The summed E-state index contributed by atoms with van der Waals surface area (Å²) < 4.78 is 2.76. The van der Waals surface area contributed by atoms with E-state index in [1.165, 1.54) is 20.3 Å². The van der Waals surface area contributed by atoms with E-state index < -0.39 is 11.1 Å². The van der Waals surface area contributed by atoms with E-state index in [4.69, 9.17) is 0 Å². The number of fused-ring (bicyclic) bond motifs is 2. The average molecular weight is 421 g/mol. The molecule has 0 aliphatic carbocycles. The molecule has 0 radical (unpaired) electrons. The monoisotopic (exact) mass is 420 g/mol. The number of nitrogens with one attached hydrogen (secondary N) is 1. The molecule has 2 heterocycles. The molecule has 7 nitrogen and oxygen atoms in total. The van der Waals surface area contributed by atoms with E-state index in [9.17, 15) is 14.4 Å². The second-order valence-corrected chi connectivity index (χ2v) is 8.06. The second-order valence-electron chi connectivity index (χ2n) is 8.06. The van der Waals surface area contributed by atoms with Gasteiger partial charge in [-0.3, -0.25) is 19.3 Å². The van der Waals surface area contributed by atoms with Gasteiger partial charge in [0.15, 0.2) is 0 Å². The smallest absolute Gasteiger partial charge is 0.316 e. The molecular formula is C24H28N4O3. The summed E-state index contributed by atoms with van der Waals surface area (Å²) in [4.78, 5) is 39.4. The Morgan fingerprint density at radius 2 is 1.65 bits per heavy atom. The molecule has 3 aromatic rings. The fourth-order valence-electron chi connectivity index (χ4n) is 4.25. The maximum absolute atomic E-state index is 12.4. The zero-order valence-corrected chi connectivity index (χ0v) is 17.8. The summed E-state index contributed by atoms with van der Waals surface area (Å²) in [6.07, 6.45) is 2.11. The molecule has 2 aromatic carbocycles. The summed E-state index contributed by atoms with van der Waals surface area (Å²) in [5.41, 5.74) is 2.99. The Morgan fingerprint density at radius 1 is 0.935 bits per heavy atom. The Bertz CT molecular complexity index is 1210. The van der Waals surface area contributed by atoms with Crippen LogP contribution in [0.3, 0.4) is 0 Å². The highest BCUT2D eigenvalue weighted by molar-refractivity contribution is 5.77. The molecule has 1 aliphatic heterocycles. The summed E-state index contributed by atoms with van der Waals surface area (Å²) in [5, 5.41) is 2.94. The highest BCUT2D eigenvalue weighted by atomic mass is 16.2. The number of rotatable bonds is 7. The third kappa shape index (κ3) is 4.61.